The Morgan fingerprint density at radius 2 is 2.20 bits per heavy atom. The van der Waals surface area contributed by atoms with Gasteiger partial charge in [0.1, 0.15) is 12.4 Å². The van der Waals surface area contributed by atoms with Crippen molar-refractivity contribution in [2.45, 2.75) is 26.8 Å². The minimum atomic E-state index is 0.704. The largest absolute Gasteiger partial charge is 0.492 e. The average Bonchev–Trinajstić information content (AvgIpc) is 2.39. The van der Waals surface area contributed by atoms with E-state index in [1.807, 2.05) is 13.0 Å². The van der Waals surface area contributed by atoms with E-state index >= 15 is 0 Å². The monoisotopic (exact) mass is 276 g/mol. The molecular formula is C17H28N2O. The van der Waals surface area contributed by atoms with Crippen LogP contribution in [-0.4, -0.2) is 38.2 Å². The molecule has 112 valence electrons. The summed E-state index contributed by atoms with van der Waals surface area (Å²) in [6.45, 7) is 12.6. The zero-order valence-electron chi connectivity index (χ0n) is 13.1. The molecular weight excluding hydrogens is 248 g/mol. The first-order valence-electron chi connectivity index (χ1n) is 7.37. The molecule has 3 nitrogen and oxygen atoms in total. The van der Waals surface area contributed by atoms with Gasteiger partial charge in [0.25, 0.3) is 0 Å². The van der Waals surface area contributed by atoms with E-state index in [0.717, 1.165) is 38.3 Å². The Morgan fingerprint density at radius 1 is 1.40 bits per heavy atom. The first kappa shape index (κ1) is 16.7. The fourth-order valence-corrected chi connectivity index (χ4v) is 2.01. The van der Waals surface area contributed by atoms with Crippen molar-refractivity contribution in [3.05, 3.63) is 42.0 Å². The highest BCUT2D eigenvalue weighted by Gasteiger charge is 2.00. The average molecular weight is 276 g/mol. The number of nitrogens with zero attached hydrogens (tertiary/aromatic N) is 1. The maximum atomic E-state index is 5.81. The Bertz CT molecular complexity index is 404. The lowest BCUT2D eigenvalue weighted by Crippen LogP contribution is -2.25. The van der Waals surface area contributed by atoms with Crippen molar-refractivity contribution < 1.29 is 4.74 Å². The lowest BCUT2D eigenvalue weighted by molar-refractivity contribution is 0.247. The van der Waals surface area contributed by atoms with Gasteiger partial charge in [-0.05, 0) is 44.6 Å². The van der Waals surface area contributed by atoms with E-state index in [2.05, 4.69) is 49.0 Å². The summed E-state index contributed by atoms with van der Waals surface area (Å²) < 4.78 is 5.81. The van der Waals surface area contributed by atoms with Crippen LogP contribution in [0.4, 0.5) is 0 Å². The summed E-state index contributed by atoms with van der Waals surface area (Å²) in [5.41, 5.74) is 2.45. The van der Waals surface area contributed by atoms with Gasteiger partial charge in [0.05, 0.1) is 0 Å². The van der Waals surface area contributed by atoms with Crippen molar-refractivity contribution in [2.75, 3.05) is 33.3 Å². The molecule has 20 heavy (non-hydrogen) atoms. The van der Waals surface area contributed by atoms with E-state index in [0.29, 0.717) is 6.61 Å². The zero-order valence-corrected chi connectivity index (χ0v) is 13.1. The van der Waals surface area contributed by atoms with Crippen LogP contribution in [0.5, 0.6) is 5.75 Å². The molecule has 1 rings (SSSR count). The summed E-state index contributed by atoms with van der Waals surface area (Å²) in [7, 11) is 2.09. The molecule has 0 radical (unpaired) electrons. The molecule has 0 spiro atoms. The molecule has 3 heteroatoms. The van der Waals surface area contributed by atoms with Gasteiger partial charge in [-0.1, -0.05) is 31.2 Å². The normalized spacial score (nSPS) is 10.8. The van der Waals surface area contributed by atoms with Crippen LogP contribution >= 0.6 is 0 Å². The maximum absolute atomic E-state index is 5.81. The zero-order chi connectivity index (χ0) is 14.8. The van der Waals surface area contributed by atoms with Crippen LogP contribution in [0.2, 0.25) is 0 Å². The third-order valence-corrected chi connectivity index (χ3v) is 2.94. The molecule has 0 amide bonds. The fraction of sp³-hybridized carbons (Fsp3) is 0.529. The summed E-state index contributed by atoms with van der Waals surface area (Å²) in [5.74, 6) is 0.949. The summed E-state index contributed by atoms with van der Waals surface area (Å²) in [4.78, 5) is 2.22. The highest BCUT2D eigenvalue weighted by molar-refractivity contribution is 5.28. The van der Waals surface area contributed by atoms with Crippen molar-refractivity contribution in [2.24, 2.45) is 0 Å². The van der Waals surface area contributed by atoms with Gasteiger partial charge in [0, 0.05) is 19.6 Å². The maximum Gasteiger partial charge on any atom is 0.119 e. The second kappa shape index (κ2) is 9.56. The van der Waals surface area contributed by atoms with Crippen molar-refractivity contribution in [3.8, 4) is 5.75 Å². The lowest BCUT2D eigenvalue weighted by atomic mass is 10.2. The molecule has 0 aliphatic heterocycles. The minimum Gasteiger partial charge on any atom is -0.492 e. The van der Waals surface area contributed by atoms with Crippen LogP contribution in [0.3, 0.4) is 0 Å². The molecule has 0 atom stereocenters. The number of hydrogen-bond acceptors (Lipinski definition) is 3. The Hall–Kier alpha value is -1.32. The molecule has 0 fully saturated rings. The number of hydrogen-bond donors (Lipinski definition) is 1. The van der Waals surface area contributed by atoms with E-state index in [9.17, 15) is 0 Å². The van der Waals surface area contributed by atoms with Crippen LogP contribution < -0.4 is 10.1 Å². The topological polar surface area (TPSA) is 24.5 Å². The Labute approximate surface area is 123 Å². The first-order chi connectivity index (χ1) is 9.61. The second-order valence-corrected chi connectivity index (χ2v) is 5.37. The van der Waals surface area contributed by atoms with Crippen molar-refractivity contribution in [1.29, 1.82) is 0 Å². The quantitative estimate of drug-likeness (QED) is 0.525. The molecule has 0 aromatic heterocycles. The first-order valence-corrected chi connectivity index (χ1v) is 7.37. The molecule has 0 heterocycles. The van der Waals surface area contributed by atoms with Gasteiger partial charge >= 0.3 is 0 Å². The summed E-state index contributed by atoms with van der Waals surface area (Å²) in [6.07, 6.45) is 1.16. The van der Waals surface area contributed by atoms with Gasteiger partial charge in [-0.2, -0.15) is 0 Å². The molecule has 0 saturated heterocycles. The predicted octanol–water partition coefficient (Wildman–Crippen LogP) is 3.07. The molecule has 0 bridgehead atoms. The molecule has 0 aliphatic carbocycles. The second-order valence-electron chi connectivity index (χ2n) is 5.37. The third-order valence-electron chi connectivity index (χ3n) is 2.94. The highest BCUT2D eigenvalue weighted by Crippen LogP contribution is 2.13. The van der Waals surface area contributed by atoms with Crippen LogP contribution in [-0.2, 0) is 6.54 Å². The predicted molar refractivity (Wildman–Crippen MR) is 86.2 cm³/mol. The summed E-state index contributed by atoms with van der Waals surface area (Å²) in [6, 6.07) is 8.31. The number of benzene rings is 1. The number of likely N-dealkylation sites (N-methyl/N-ethyl adjacent to an activating group) is 1. The van der Waals surface area contributed by atoms with E-state index in [-0.39, 0.29) is 0 Å². The van der Waals surface area contributed by atoms with Gasteiger partial charge < -0.3 is 10.1 Å². The van der Waals surface area contributed by atoms with Crippen LogP contribution in [0.1, 0.15) is 25.8 Å². The molecule has 0 saturated carbocycles. The summed E-state index contributed by atoms with van der Waals surface area (Å²) in [5, 5.41) is 3.40. The van der Waals surface area contributed by atoms with Crippen molar-refractivity contribution >= 4 is 0 Å². The Balaban J connectivity index is 2.32. The van der Waals surface area contributed by atoms with Gasteiger partial charge in [-0.25, -0.2) is 0 Å². The number of nitrogens with one attached hydrogen (secondary N) is 1. The molecule has 1 aromatic carbocycles. The fourth-order valence-electron chi connectivity index (χ4n) is 2.01. The minimum absolute atomic E-state index is 0.704. The van der Waals surface area contributed by atoms with E-state index in [1.165, 1.54) is 11.1 Å². The van der Waals surface area contributed by atoms with Gasteiger partial charge in [0.2, 0.25) is 0 Å². The van der Waals surface area contributed by atoms with Crippen molar-refractivity contribution in [1.82, 2.24) is 10.2 Å². The SMILES string of the molecule is C=C(C)CN(C)CCOc1cccc(CNCCC)c1. The van der Waals surface area contributed by atoms with E-state index < -0.39 is 0 Å². The standard InChI is InChI=1S/C17H28N2O/c1-5-9-18-13-16-7-6-8-17(12-16)20-11-10-19(4)14-15(2)3/h6-8,12,18H,2,5,9-11,13-14H2,1,3-4H3. The Morgan fingerprint density at radius 3 is 2.90 bits per heavy atom. The van der Waals surface area contributed by atoms with Gasteiger partial charge in [-0.15, -0.1) is 0 Å². The van der Waals surface area contributed by atoms with Gasteiger partial charge in [0.15, 0.2) is 0 Å². The summed E-state index contributed by atoms with van der Waals surface area (Å²) >= 11 is 0. The third kappa shape index (κ3) is 7.31. The van der Waals surface area contributed by atoms with Gasteiger partial charge in [-0.3, -0.25) is 4.90 Å². The highest BCUT2D eigenvalue weighted by atomic mass is 16.5. The van der Waals surface area contributed by atoms with E-state index in [1.54, 1.807) is 0 Å². The molecule has 1 N–H and O–H groups in total. The van der Waals surface area contributed by atoms with Crippen LogP contribution in [0, 0.1) is 0 Å². The lowest BCUT2D eigenvalue weighted by Gasteiger charge is -2.17. The molecule has 1 aromatic rings. The molecule has 0 unspecified atom stereocenters. The molecule has 0 aliphatic rings. The van der Waals surface area contributed by atoms with Crippen molar-refractivity contribution in [3.63, 3.8) is 0 Å². The number of ether oxygens (including phenoxy) is 1. The smallest absolute Gasteiger partial charge is 0.119 e. The van der Waals surface area contributed by atoms with Crippen LogP contribution in [0.25, 0.3) is 0 Å². The van der Waals surface area contributed by atoms with Crippen LogP contribution in [0.15, 0.2) is 36.4 Å². The Kier molecular flexibility index (Phi) is 8.00. The van der Waals surface area contributed by atoms with E-state index in [4.69, 9.17) is 4.74 Å². The number of rotatable bonds is 10.